The average Bonchev–Trinajstić information content (AvgIpc) is 4.20. The summed E-state index contributed by atoms with van der Waals surface area (Å²) < 4.78 is 0. The highest BCUT2D eigenvalue weighted by Crippen LogP contribution is 2.56. The zero-order chi connectivity index (χ0) is 49.8. The molecule has 1 aliphatic rings. The molecule has 0 aliphatic heterocycles. The minimum absolute atomic E-state index is 0.0482. The lowest BCUT2D eigenvalue weighted by atomic mass is 9.81. The summed E-state index contributed by atoms with van der Waals surface area (Å²) in [7, 11) is 0. The third kappa shape index (κ3) is 5.44. The number of aryl methyl sites for hydroxylation is 1. The standard InChI is InChI=1S/C73H52O/c1-38-31-41(35-44(74)32-38)45-21-22-56-60-37-62-61(36-59(60)49-20-12-19-48(45)65(49)56)63(39-13-10-15-42(33-39)72(2,3)4)70-57-29-27-54-52-25-23-50-46-17-8-9-18-47(46)51-24-26-53(67(52)66(50)51)55-28-30-58(69(57)68(54)55)71(70)64(62)40-14-11-16-43(34-40)73(5,6)7/h8-37,74H,1-7H3. The Hall–Kier alpha value is -8.52. The molecule has 0 radical (unpaired) electrons. The van der Waals surface area contributed by atoms with E-state index in [9.17, 15) is 5.11 Å². The molecule has 0 atom stereocenters. The molecular weight excluding hydrogens is 893 g/mol. The van der Waals surface area contributed by atoms with Crippen molar-refractivity contribution in [3.05, 3.63) is 220 Å². The lowest BCUT2D eigenvalue weighted by molar-refractivity contribution is 0.475. The summed E-state index contributed by atoms with van der Waals surface area (Å²) in [6.45, 7) is 16.1. The van der Waals surface area contributed by atoms with Crippen LogP contribution in [0.3, 0.4) is 0 Å². The molecule has 0 amide bonds. The quantitative estimate of drug-likeness (QED) is 0.138. The van der Waals surface area contributed by atoms with Gasteiger partial charge in [0.1, 0.15) is 5.75 Å². The highest BCUT2D eigenvalue weighted by molar-refractivity contribution is 6.47. The van der Waals surface area contributed by atoms with Crippen LogP contribution in [0.1, 0.15) is 58.2 Å². The van der Waals surface area contributed by atoms with Gasteiger partial charge in [-0.25, -0.2) is 0 Å². The Morgan fingerprint density at radius 2 is 0.730 bits per heavy atom. The van der Waals surface area contributed by atoms with Gasteiger partial charge >= 0.3 is 0 Å². The van der Waals surface area contributed by atoms with Gasteiger partial charge in [0.25, 0.3) is 0 Å². The van der Waals surface area contributed by atoms with Crippen LogP contribution >= 0.6 is 0 Å². The third-order valence-electron chi connectivity index (χ3n) is 17.4. The van der Waals surface area contributed by atoms with E-state index in [-0.39, 0.29) is 10.8 Å². The molecule has 0 bridgehead atoms. The monoisotopic (exact) mass is 944 g/mol. The molecule has 0 heterocycles. The van der Waals surface area contributed by atoms with Gasteiger partial charge < -0.3 is 5.11 Å². The first-order valence-corrected chi connectivity index (χ1v) is 26.4. The second kappa shape index (κ2) is 14.2. The largest absolute Gasteiger partial charge is 0.508 e. The minimum Gasteiger partial charge on any atom is -0.508 e. The minimum atomic E-state index is -0.0482. The van der Waals surface area contributed by atoms with Gasteiger partial charge in [-0.05, 0) is 221 Å². The van der Waals surface area contributed by atoms with Crippen LogP contribution in [-0.2, 0) is 10.8 Å². The fourth-order valence-corrected chi connectivity index (χ4v) is 14.1. The van der Waals surface area contributed by atoms with E-state index in [4.69, 9.17) is 0 Å². The molecule has 350 valence electrons. The zero-order valence-electron chi connectivity index (χ0n) is 42.8. The van der Waals surface area contributed by atoms with Crippen molar-refractivity contribution in [2.75, 3.05) is 0 Å². The van der Waals surface area contributed by atoms with Gasteiger partial charge in [-0.3, -0.25) is 0 Å². The van der Waals surface area contributed by atoms with Gasteiger partial charge in [-0.1, -0.05) is 199 Å². The molecule has 0 fully saturated rings. The molecule has 0 aromatic heterocycles. The van der Waals surface area contributed by atoms with Crippen molar-refractivity contribution in [3.8, 4) is 39.1 Å². The zero-order valence-corrected chi connectivity index (χ0v) is 42.8. The number of aromatic hydroxyl groups is 1. The second-order valence-electron chi connectivity index (χ2n) is 23.7. The Balaban J connectivity index is 1.12. The van der Waals surface area contributed by atoms with Crippen LogP contribution in [0, 0.1) is 27.8 Å². The summed E-state index contributed by atoms with van der Waals surface area (Å²) in [5, 5.41) is 42.2. The van der Waals surface area contributed by atoms with E-state index in [1.807, 2.05) is 12.1 Å². The van der Waals surface area contributed by atoms with Crippen LogP contribution in [0.2, 0.25) is 0 Å². The molecule has 1 N–H and O–H groups in total. The molecule has 15 aromatic rings. The average molecular weight is 945 g/mol. The van der Waals surface area contributed by atoms with E-state index in [0.29, 0.717) is 5.75 Å². The molecule has 0 saturated heterocycles. The van der Waals surface area contributed by atoms with E-state index in [1.165, 1.54) is 162 Å². The Bertz CT molecular complexity index is 4940. The van der Waals surface area contributed by atoms with Crippen LogP contribution in [0.4, 0.5) is 0 Å². The van der Waals surface area contributed by atoms with E-state index in [2.05, 4.69) is 218 Å². The molecule has 1 nitrogen and oxygen atoms in total. The number of phenolic OH excluding ortho intramolecular Hbond substituents is 1. The second-order valence-corrected chi connectivity index (χ2v) is 23.7. The van der Waals surface area contributed by atoms with Gasteiger partial charge in [-0.15, -0.1) is 0 Å². The van der Waals surface area contributed by atoms with Crippen LogP contribution in [0.15, 0.2) is 182 Å². The highest BCUT2D eigenvalue weighted by atomic mass is 16.3. The van der Waals surface area contributed by atoms with E-state index in [1.54, 1.807) is 0 Å². The normalized spacial score (nSPS) is 13.1. The number of fused-ring (bicyclic) bond motifs is 10. The number of benzene rings is 13. The maximum Gasteiger partial charge on any atom is 0.116 e. The van der Waals surface area contributed by atoms with E-state index < -0.39 is 0 Å². The fourth-order valence-electron chi connectivity index (χ4n) is 14.1. The summed E-state index contributed by atoms with van der Waals surface area (Å²) in [5.41, 5.74) is 10.8. The molecule has 0 unspecified atom stereocenters. The number of phenols is 1. The first-order valence-electron chi connectivity index (χ1n) is 26.4. The van der Waals surface area contributed by atoms with Crippen molar-refractivity contribution in [1.82, 2.24) is 0 Å². The molecule has 16 rings (SSSR count). The van der Waals surface area contributed by atoms with Crippen molar-refractivity contribution >= 4 is 108 Å². The molecule has 0 saturated carbocycles. The van der Waals surface area contributed by atoms with Gasteiger partial charge in [0.2, 0.25) is 0 Å². The van der Waals surface area contributed by atoms with Crippen LogP contribution in [0.5, 0.6) is 5.75 Å². The lowest BCUT2D eigenvalue weighted by Crippen LogP contribution is -2.11. The number of hydrogen-bond donors (Lipinski definition) is 1. The van der Waals surface area contributed by atoms with Crippen molar-refractivity contribution in [3.63, 3.8) is 0 Å². The topological polar surface area (TPSA) is 20.2 Å². The summed E-state index contributed by atoms with van der Waals surface area (Å²) in [6.07, 6.45) is 0. The van der Waals surface area contributed by atoms with Crippen molar-refractivity contribution in [1.29, 1.82) is 0 Å². The number of rotatable bonds is 3. The van der Waals surface area contributed by atoms with Gasteiger partial charge in [0.15, 0.2) is 0 Å². The molecule has 0 spiro atoms. The van der Waals surface area contributed by atoms with Gasteiger partial charge in [0, 0.05) is 0 Å². The van der Waals surface area contributed by atoms with Crippen LogP contribution in [-0.4, -0.2) is 5.11 Å². The highest BCUT2D eigenvalue weighted by Gasteiger charge is 2.29. The SMILES string of the molecule is Cc1cc(O)cc(-c2ccc3c4cc5c(-c6cccc(C(C)(C)C)c6)c6c7ccc8c9ccc%10c%11c(ccc(c%12ccc(c6c(-c6cccc(C(C)(C)C)c6)c5cc4c4cccc2c43)c7c%128)c%119)=c2ccccc2=%10)c1. The molecule has 1 aliphatic carbocycles. The summed E-state index contributed by atoms with van der Waals surface area (Å²) in [4.78, 5) is 0. The number of hydrogen-bond acceptors (Lipinski definition) is 1. The third-order valence-corrected chi connectivity index (χ3v) is 17.4. The smallest absolute Gasteiger partial charge is 0.116 e. The Morgan fingerprint density at radius 3 is 1.27 bits per heavy atom. The maximum atomic E-state index is 10.8. The summed E-state index contributed by atoms with van der Waals surface area (Å²) in [6, 6.07) is 69.8. The summed E-state index contributed by atoms with van der Waals surface area (Å²) >= 11 is 0. The fraction of sp³-hybridized carbons (Fsp3) is 0.123. The van der Waals surface area contributed by atoms with Crippen LogP contribution < -0.4 is 0 Å². The van der Waals surface area contributed by atoms with Gasteiger partial charge in [0.05, 0.1) is 0 Å². The Labute approximate surface area is 428 Å². The van der Waals surface area contributed by atoms with Crippen molar-refractivity contribution in [2.24, 2.45) is 0 Å². The molecule has 1 heteroatoms. The van der Waals surface area contributed by atoms with Crippen molar-refractivity contribution < 1.29 is 5.11 Å². The maximum absolute atomic E-state index is 10.8. The first kappa shape index (κ1) is 42.0. The van der Waals surface area contributed by atoms with E-state index >= 15 is 0 Å². The van der Waals surface area contributed by atoms with E-state index in [0.717, 1.165) is 16.7 Å². The molecule has 15 aromatic carbocycles. The first-order chi connectivity index (χ1) is 35.8. The van der Waals surface area contributed by atoms with Crippen LogP contribution in [0.25, 0.3) is 141 Å². The van der Waals surface area contributed by atoms with Gasteiger partial charge in [-0.2, -0.15) is 0 Å². The molecular formula is C73H52O. The summed E-state index contributed by atoms with van der Waals surface area (Å²) in [5.74, 6) is 0.292. The Kier molecular flexibility index (Phi) is 8.04. The predicted molar refractivity (Wildman–Crippen MR) is 317 cm³/mol. The van der Waals surface area contributed by atoms with Crippen molar-refractivity contribution in [2.45, 2.75) is 59.3 Å². The molecule has 74 heavy (non-hydrogen) atoms. The Morgan fingerprint density at radius 1 is 0.284 bits per heavy atom. The predicted octanol–water partition coefficient (Wildman–Crippen LogP) is 20.0. The lowest BCUT2D eigenvalue weighted by Gasteiger charge is -2.23.